The minimum Gasteiger partial charge on any atom is -0.447 e. The number of aromatic nitrogens is 1. The molecule has 0 atom stereocenters. The van der Waals surface area contributed by atoms with Gasteiger partial charge in [0.05, 0.1) is 12.2 Å². The molecule has 0 unspecified atom stereocenters. The Bertz CT molecular complexity index is 255. The second-order valence-electron chi connectivity index (χ2n) is 3.07. The normalized spacial score (nSPS) is 17.8. The molecule has 1 fully saturated rings. The van der Waals surface area contributed by atoms with E-state index in [1.54, 1.807) is 6.26 Å². The Balaban J connectivity index is 1.93. The van der Waals surface area contributed by atoms with Crippen molar-refractivity contribution in [3.63, 3.8) is 0 Å². The van der Waals surface area contributed by atoms with Gasteiger partial charge in [0, 0.05) is 6.54 Å². The van der Waals surface area contributed by atoms with Crippen LogP contribution in [-0.4, -0.2) is 23.0 Å². The van der Waals surface area contributed by atoms with Crippen molar-refractivity contribution in [2.75, 3.05) is 13.1 Å². The first-order chi connectivity index (χ1) is 5.88. The Morgan fingerprint density at radius 2 is 2.42 bits per heavy atom. The first-order valence-corrected chi connectivity index (χ1v) is 4.24. The van der Waals surface area contributed by atoms with Crippen molar-refractivity contribution in [2.45, 2.75) is 19.5 Å². The molecule has 2 rings (SSSR count). The van der Waals surface area contributed by atoms with Crippen molar-refractivity contribution >= 4 is 0 Å². The van der Waals surface area contributed by atoms with Gasteiger partial charge < -0.3 is 10.2 Å². The van der Waals surface area contributed by atoms with Crippen molar-refractivity contribution < 1.29 is 4.42 Å². The lowest BCUT2D eigenvalue weighted by atomic mass is 10.2. The van der Waals surface area contributed by atoms with Gasteiger partial charge in [-0.3, -0.25) is 4.90 Å². The number of rotatable bonds is 3. The zero-order valence-corrected chi connectivity index (χ0v) is 6.99. The monoisotopic (exact) mass is 167 g/mol. The third-order valence-corrected chi connectivity index (χ3v) is 2.12. The third kappa shape index (κ3) is 1.49. The van der Waals surface area contributed by atoms with Gasteiger partial charge in [-0.05, 0) is 19.5 Å². The molecule has 1 aromatic heterocycles. The van der Waals surface area contributed by atoms with Crippen LogP contribution >= 0.6 is 0 Å². The van der Waals surface area contributed by atoms with Gasteiger partial charge in [-0.15, -0.1) is 0 Å². The highest BCUT2D eigenvalue weighted by molar-refractivity contribution is 4.95. The first-order valence-electron chi connectivity index (χ1n) is 4.24. The number of likely N-dealkylation sites (tertiary alicyclic amines) is 1. The highest BCUT2D eigenvalue weighted by atomic mass is 16.3. The van der Waals surface area contributed by atoms with Crippen LogP contribution in [0.4, 0.5) is 0 Å². The van der Waals surface area contributed by atoms with E-state index in [4.69, 9.17) is 10.2 Å². The lowest BCUT2D eigenvalue weighted by Crippen LogP contribution is -2.36. The molecule has 4 heteroatoms. The highest BCUT2D eigenvalue weighted by Gasteiger charge is 2.16. The van der Waals surface area contributed by atoms with Crippen LogP contribution in [0.25, 0.3) is 0 Å². The van der Waals surface area contributed by atoms with Crippen LogP contribution in [0.5, 0.6) is 0 Å². The molecular formula is C8H13N3O. The minimum atomic E-state index is 0.462. The Hall–Kier alpha value is -0.870. The first kappa shape index (κ1) is 7.76. The van der Waals surface area contributed by atoms with Crippen LogP contribution < -0.4 is 5.73 Å². The molecule has 0 spiro atoms. The van der Waals surface area contributed by atoms with E-state index < -0.39 is 0 Å². The summed E-state index contributed by atoms with van der Waals surface area (Å²) < 4.78 is 5.23. The summed E-state index contributed by atoms with van der Waals surface area (Å²) in [5.74, 6) is 0.787. The number of hydrogen-bond acceptors (Lipinski definition) is 4. The lowest BCUT2D eigenvalue weighted by molar-refractivity contribution is 0.156. The summed E-state index contributed by atoms with van der Waals surface area (Å²) >= 11 is 0. The van der Waals surface area contributed by atoms with Gasteiger partial charge in [-0.2, -0.15) is 0 Å². The SMILES string of the molecule is NCc1coc(CN2CCC2)n1. The molecule has 0 amide bonds. The molecule has 0 radical (unpaired) electrons. The predicted octanol–water partition coefficient (Wildman–Crippen LogP) is 0.339. The highest BCUT2D eigenvalue weighted by Crippen LogP contribution is 2.11. The van der Waals surface area contributed by atoms with E-state index in [0.717, 1.165) is 18.1 Å². The average molecular weight is 167 g/mol. The number of hydrogen-bond donors (Lipinski definition) is 1. The van der Waals surface area contributed by atoms with E-state index in [2.05, 4.69) is 9.88 Å². The van der Waals surface area contributed by atoms with E-state index in [9.17, 15) is 0 Å². The molecule has 12 heavy (non-hydrogen) atoms. The van der Waals surface area contributed by atoms with Crippen LogP contribution in [0.2, 0.25) is 0 Å². The van der Waals surface area contributed by atoms with Gasteiger partial charge in [0.15, 0.2) is 0 Å². The summed E-state index contributed by atoms with van der Waals surface area (Å²) in [4.78, 5) is 6.51. The number of nitrogens with zero attached hydrogens (tertiary/aromatic N) is 2. The van der Waals surface area contributed by atoms with Crippen molar-refractivity contribution in [1.29, 1.82) is 0 Å². The largest absolute Gasteiger partial charge is 0.447 e. The summed E-state index contributed by atoms with van der Waals surface area (Å²) in [6.45, 7) is 3.63. The lowest BCUT2D eigenvalue weighted by Gasteiger charge is -2.28. The molecular weight excluding hydrogens is 154 g/mol. The second kappa shape index (κ2) is 3.25. The summed E-state index contributed by atoms with van der Waals surface area (Å²) in [5.41, 5.74) is 6.24. The summed E-state index contributed by atoms with van der Waals surface area (Å²) in [6, 6.07) is 0. The van der Waals surface area contributed by atoms with Gasteiger partial charge >= 0.3 is 0 Å². The van der Waals surface area contributed by atoms with Gasteiger partial charge in [0.2, 0.25) is 5.89 Å². The van der Waals surface area contributed by atoms with Crippen molar-refractivity contribution in [2.24, 2.45) is 5.73 Å². The number of oxazole rings is 1. The fraction of sp³-hybridized carbons (Fsp3) is 0.625. The van der Waals surface area contributed by atoms with Crippen LogP contribution in [0.3, 0.4) is 0 Å². The fourth-order valence-electron chi connectivity index (χ4n) is 1.25. The third-order valence-electron chi connectivity index (χ3n) is 2.12. The van der Waals surface area contributed by atoms with Crippen LogP contribution in [-0.2, 0) is 13.1 Å². The molecule has 0 bridgehead atoms. The molecule has 1 aliphatic rings. The summed E-state index contributed by atoms with van der Waals surface area (Å²) in [5, 5.41) is 0. The Morgan fingerprint density at radius 3 is 2.92 bits per heavy atom. The van der Waals surface area contributed by atoms with E-state index in [0.29, 0.717) is 6.54 Å². The van der Waals surface area contributed by atoms with Crippen LogP contribution in [0, 0.1) is 0 Å². The standard InChI is InChI=1S/C8H13N3O/c9-4-7-6-12-8(10-7)5-11-2-1-3-11/h6H,1-5,9H2. The molecule has 1 aliphatic heterocycles. The Labute approximate surface area is 71.4 Å². The maximum Gasteiger partial charge on any atom is 0.208 e. The van der Waals surface area contributed by atoms with Crippen molar-refractivity contribution in [3.05, 3.63) is 17.8 Å². The summed E-state index contributed by atoms with van der Waals surface area (Å²) in [6.07, 6.45) is 2.93. The Kier molecular flexibility index (Phi) is 2.10. The fourth-order valence-corrected chi connectivity index (χ4v) is 1.25. The molecule has 0 aromatic carbocycles. The molecule has 2 heterocycles. The van der Waals surface area contributed by atoms with E-state index >= 15 is 0 Å². The van der Waals surface area contributed by atoms with Crippen molar-refractivity contribution in [1.82, 2.24) is 9.88 Å². The topological polar surface area (TPSA) is 55.3 Å². The summed E-state index contributed by atoms with van der Waals surface area (Å²) in [7, 11) is 0. The van der Waals surface area contributed by atoms with E-state index in [1.165, 1.54) is 19.5 Å². The van der Waals surface area contributed by atoms with Crippen molar-refractivity contribution in [3.8, 4) is 0 Å². The van der Waals surface area contributed by atoms with Gasteiger partial charge in [-0.1, -0.05) is 0 Å². The molecule has 66 valence electrons. The molecule has 0 saturated carbocycles. The predicted molar refractivity (Wildman–Crippen MR) is 44.3 cm³/mol. The minimum absolute atomic E-state index is 0.462. The van der Waals surface area contributed by atoms with E-state index in [1.807, 2.05) is 0 Å². The molecule has 1 saturated heterocycles. The van der Waals surface area contributed by atoms with E-state index in [-0.39, 0.29) is 0 Å². The Morgan fingerprint density at radius 1 is 1.58 bits per heavy atom. The maximum atomic E-state index is 5.40. The van der Waals surface area contributed by atoms with Gasteiger partial charge in [-0.25, -0.2) is 4.98 Å². The van der Waals surface area contributed by atoms with Crippen LogP contribution in [0.1, 0.15) is 18.0 Å². The second-order valence-corrected chi connectivity index (χ2v) is 3.07. The molecule has 0 aliphatic carbocycles. The van der Waals surface area contributed by atoms with Gasteiger partial charge in [0.25, 0.3) is 0 Å². The smallest absolute Gasteiger partial charge is 0.208 e. The molecule has 4 nitrogen and oxygen atoms in total. The number of nitrogens with two attached hydrogens (primary N) is 1. The van der Waals surface area contributed by atoms with Gasteiger partial charge in [0.1, 0.15) is 6.26 Å². The average Bonchev–Trinajstić information content (AvgIpc) is 2.44. The quantitative estimate of drug-likeness (QED) is 0.705. The maximum absolute atomic E-state index is 5.40. The molecule has 2 N–H and O–H groups in total. The molecule has 1 aromatic rings. The zero-order chi connectivity index (χ0) is 8.39. The zero-order valence-electron chi connectivity index (χ0n) is 6.99. The van der Waals surface area contributed by atoms with Crippen LogP contribution in [0.15, 0.2) is 10.7 Å².